The number of carboxylic acids is 1. The molecule has 0 spiro atoms. The van der Waals surface area contributed by atoms with Crippen molar-refractivity contribution < 1.29 is 23.1 Å². The van der Waals surface area contributed by atoms with Gasteiger partial charge in [0.2, 0.25) is 6.19 Å². The number of aromatic amines is 1. The molecule has 11 nitrogen and oxygen atoms in total. The number of H-pyrrole nitrogens is 1. The number of aliphatic imine (C=N–C) groups is 1. The molecule has 0 bridgehead atoms. The molecule has 1 fully saturated rings. The molecule has 0 saturated carbocycles. The number of nitrogens with one attached hydrogen (secondary N) is 1. The standard InChI is InChI=1S/C19H19N9S.C2HF3O2/c1-29-18(23-12-21)27-8-4-19(3-6-20,5-9-27)28-11-14(10-26-28)16-15-2-7-22-17(15)25-13-24-16;3-2(4,5)1(6)7/h2,7,10-11,13H,3-5,8-9H2,1H3,(H,22,24,25);(H,6,7). The first kappa shape index (κ1) is 26.5. The Labute approximate surface area is 207 Å². The van der Waals surface area contributed by atoms with Gasteiger partial charge >= 0.3 is 12.1 Å². The van der Waals surface area contributed by atoms with Crippen LogP contribution in [0.3, 0.4) is 0 Å². The van der Waals surface area contributed by atoms with Gasteiger partial charge in [0, 0.05) is 36.4 Å². The van der Waals surface area contributed by atoms with Gasteiger partial charge in [-0.3, -0.25) is 4.68 Å². The van der Waals surface area contributed by atoms with Crippen molar-refractivity contribution in [1.82, 2.24) is 29.6 Å². The number of alkyl halides is 3. The van der Waals surface area contributed by atoms with E-state index in [9.17, 15) is 18.4 Å². The van der Waals surface area contributed by atoms with Crippen molar-refractivity contribution in [3.8, 4) is 23.5 Å². The molecule has 0 atom stereocenters. The summed E-state index contributed by atoms with van der Waals surface area (Å²) in [5.74, 6) is -2.76. The average molecular weight is 520 g/mol. The molecule has 0 amide bonds. The number of fused-ring (bicyclic) bond motifs is 1. The van der Waals surface area contributed by atoms with Crippen LogP contribution in [0.5, 0.6) is 0 Å². The lowest BCUT2D eigenvalue weighted by molar-refractivity contribution is -0.192. The average Bonchev–Trinajstić information content (AvgIpc) is 3.53. The number of aromatic nitrogens is 5. The molecule has 3 aromatic heterocycles. The topological polar surface area (TPSA) is 160 Å². The molecule has 1 saturated heterocycles. The second kappa shape index (κ2) is 11.1. The fourth-order valence-electron chi connectivity index (χ4n) is 3.84. The largest absolute Gasteiger partial charge is 0.490 e. The normalized spacial score (nSPS) is 15.5. The lowest BCUT2D eigenvalue weighted by atomic mass is 9.85. The first-order chi connectivity index (χ1) is 17.1. The zero-order chi connectivity index (χ0) is 26.3. The van der Waals surface area contributed by atoms with E-state index in [-0.39, 0.29) is 5.54 Å². The van der Waals surface area contributed by atoms with Gasteiger partial charge < -0.3 is 15.0 Å². The summed E-state index contributed by atoms with van der Waals surface area (Å²) in [4.78, 5) is 26.7. The van der Waals surface area contributed by atoms with E-state index in [1.54, 1.807) is 6.20 Å². The lowest BCUT2D eigenvalue weighted by Crippen LogP contribution is -2.47. The zero-order valence-electron chi connectivity index (χ0n) is 18.9. The minimum atomic E-state index is -5.08. The minimum absolute atomic E-state index is 0.370. The number of amidine groups is 1. The van der Waals surface area contributed by atoms with E-state index < -0.39 is 12.1 Å². The monoisotopic (exact) mass is 519 g/mol. The van der Waals surface area contributed by atoms with Gasteiger partial charge in [0.1, 0.15) is 12.0 Å². The molecule has 188 valence electrons. The number of aliphatic carboxylic acids is 1. The van der Waals surface area contributed by atoms with E-state index >= 15 is 0 Å². The number of hydrogen-bond donors (Lipinski definition) is 2. The molecule has 0 aromatic carbocycles. The maximum atomic E-state index is 10.6. The molecule has 3 aromatic rings. The first-order valence-electron chi connectivity index (χ1n) is 10.4. The van der Waals surface area contributed by atoms with Gasteiger partial charge in [-0.05, 0) is 25.2 Å². The second-order valence-electron chi connectivity index (χ2n) is 7.68. The highest BCUT2D eigenvalue weighted by molar-refractivity contribution is 8.13. The van der Waals surface area contributed by atoms with E-state index in [1.165, 1.54) is 18.1 Å². The highest BCUT2D eigenvalue weighted by Crippen LogP contribution is 2.35. The van der Waals surface area contributed by atoms with Crippen LogP contribution in [0.2, 0.25) is 0 Å². The van der Waals surface area contributed by atoms with Gasteiger partial charge in [0.15, 0.2) is 5.17 Å². The number of hydrogen-bond acceptors (Lipinski definition) is 8. The van der Waals surface area contributed by atoms with Crippen molar-refractivity contribution in [2.24, 2.45) is 4.99 Å². The molecule has 36 heavy (non-hydrogen) atoms. The number of nitriles is 2. The van der Waals surface area contributed by atoms with Crippen LogP contribution in [0.4, 0.5) is 13.2 Å². The van der Waals surface area contributed by atoms with Crippen LogP contribution in [0, 0.1) is 22.8 Å². The summed E-state index contributed by atoms with van der Waals surface area (Å²) in [5, 5.41) is 31.8. The molecule has 4 rings (SSSR count). The predicted molar refractivity (Wildman–Crippen MR) is 124 cm³/mol. The Bertz CT molecular complexity index is 1330. The summed E-state index contributed by atoms with van der Waals surface area (Å²) in [5.41, 5.74) is 2.11. The second-order valence-corrected chi connectivity index (χ2v) is 8.46. The predicted octanol–water partition coefficient (Wildman–Crippen LogP) is 3.36. The van der Waals surface area contributed by atoms with Gasteiger partial charge in [-0.1, -0.05) is 11.8 Å². The van der Waals surface area contributed by atoms with Gasteiger partial charge in [-0.15, -0.1) is 4.99 Å². The number of rotatable bonds is 3. The fourth-order valence-corrected chi connectivity index (χ4v) is 4.42. The number of piperidine rings is 1. The van der Waals surface area contributed by atoms with Gasteiger partial charge in [0.05, 0.1) is 29.9 Å². The molecule has 1 aliphatic heterocycles. The van der Waals surface area contributed by atoms with Crippen LogP contribution in [-0.2, 0) is 10.3 Å². The summed E-state index contributed by atoms with van der Waals surface area (Å²) in [6.07, 6.45) is 7.70. The highest BCUT2D eigenvalue weighted by Gasteiger charge is 2.39. The highest BCUT2D eigenvalue weighted by atomic mass is 32.2. The lowest BCUT2D eigenvalue weighted by Gasteiger charge is -2.41. The van der Waals surface area contributed by atoms with Crippen LogP contribution >= 0.6 is 11.8 Å². The molecule has 2 N–H and O–H groups in total. The summed E-state index contributed by atoms with van der Waals surface area (Å²) in [6, 6.07) is 4.29. The van der Waals surface area contributed by atoms with Crippen molar-refractivity contribution in [3.63, 3.8) is 0 Å². The van der Waals surface area contributed by atoms with Gasteiger partial charge in [-0.25, -0.2) is 14.8 Å². The van der Waals surface area contributed by atoms with Crippen molar-refractivity contribution in [2.45, 2.75) is 31.0 Å². The molecular formula is C21H20F3N9O2S. The number of carbonyl (C=O) groups is 1. The van der Waals surface area contributed by atoms with Crippen LogP contribution in [0.15, 0.2) is 36.0 Å². The Balaban J connectivity index is 0.000000454. The molecule has 4 heterocycles. The van der Waals surface area contributed by atoms with E-state index in [0.717, 1.165) is 40.3 Å². The molecule has 0 aliphatic carbocycles. The third kappa shape index (κ3) is 5.75. The van der Waals surface area contributed by atoms with Gasteiger partial charge in [-0.2, -0.15) is 28.8 Å². The SMILES string of the molecule is CSC(=NC#N)N1CCC(CC#N)(n2cc(-c3ncnc4[nH]ccc34)cn2)CC1.O=C(O)C(F)(F)F. The quantitative estimate of drug-likeness (QED) is 0.300. The van der Waals surface area contributed by atoms with E-state index in [2.05, 4.69) is 36.0 Å². The van der Waals surface area contributed by atoms with Gasteiger partial charge in [0.25, 0.3) is 0 Å². The maximum Gasteiger partial charge on any atom is 0.490 e. The third-order valence-corrected chi connectivity index (χ3v) is 6.35. The molecule has 0 unspecified atom stereocenters. The van der Waals surface area contributed by atoms with Crippen molar-refractivity contribution in [3.05, 3.63) is 31.0 Å². The molecule has 0 radical (unpaired) electrons. The zero-order valence-corrected chi connectivity index (χ0v) is 19.7. The van der Waals surface area contributed by atoms with E-state index in [0.29, 0.717) is 19.5 Å². The number of carboxylic acid groups (broad SMARTS) is 1. The van der Waals surface area contributed by atoms with Crippen molar-refractivity contribution in [1.29, 1.82) is 10.5 Å². The first-order valence-corrected chi connectivity index (χ1v) is 11.6. The Hall–Kier alpha value is -4.11. The van der Waals surface area contributed by atoms with E-state index in [1.807, 2.05) is 35.6 Å². The van der Waals surface area contributed by atoms with Crippen molar-refractivity contribution in [2.75, 3.05) is 19.3 Å². The van der Waals surface area contributed by atoms with Crippen LogP contribution < -0.4 is 0 Å². The Morgan fingerprint density at radius 3 is 2.61 bits per heavy atom. The number of nitrogens with zero attached hydrogens (tertiary/aromatic N) is 8. The minimum Gasteiger partial charge on any atom is -0.475 e. The Kier molecular flexibility index (Phi) is 8.16. The number of halogens is 3. The van der Waals surface area contributed by atoms with Crippen LogP contribution in [-0.4, -0.2) is 71.4 Å². The number of likely N-dealkylation sites (tertiary alicyclic amines) is 1. The van der Waals surface area contributed by atoms with E-state index in [4.69, 9.17) is 15.2 Å². The molecule has 15 heteroatoms. The smallest absolute Gasteiger partial charge is 0.475 e. The summed E-state index contributed by atoms with van der Waals surface area (Å²) < 4.78 is 33.7. The molecule has 1 aliphatic rings. The Morgan fingerprint density at radius 1 is 1.33 bits per heavy atom. The summed E-state index contributed by atoms with van der Waals surface area (Å²) in [7, 11) is 0. The van der Waals surface area contributed by atoms with Crippen molar-refractivity contribution >= 4 is 33.9 Å². The number of thioether (sulfide) groups is 1. The summed E-state index contributed by atoms with van der Waals surface area (Å²) >= 11 is 1.46. The third-order valence-electron chi connectivity index (χ3n) is 5.64. The fraction of sp³-hybridized carbons (Fsp3) is 0.381. The van der Waals surface area contributed by atoms with Crippen LogP contribution in [0.1, 0.15) is 19.3 Å². The molecular weight excluding hydrogens is 499 g/mol. The summed E-state index contributed by atoms with van der Waals surface area (Å²) in [6.45, 7) is 1.43. The Morgan fingerprint density at radius 2 is 2.03 bits per heavy atom. The van der Waals surface area contributed by atoms with Crippen LogP contribution in [0.25, 0.3) is 22.3 Å². The maximum absolute atomic E-state index is 10.6.